The summed E-state index contributed by atoms with van der Waals surface area (Å²) in [4.78, 5) is 21.5. The lowest BCUT2D eigenvalue weighted by Gasteiger charge is -2.34. The maximum atomic E-state index is 10.8. The monoisotopic (exact) mass is 205 g/mol. The predicted octanol–water partition coefficient (Wildman–Crippen LogP) is -1.51. The van der Waals surface area contributed by atoms with Gasteiger partial charge in [-0.2, -0.15) is 0 Å². The van der Waals surface area contributed by atoms with Crippen molar-refractivity contribution in [3.8, 4) is 0 Å². The third-order valence-electron chi connectivity index (χ3n) is 1.67. The normalized spacial score (nSPS) is 30.1. The molecule has 2 amide bonds. The van der Waals surface area contributed by atoms with Crippen molar-refractivity contribution < 1.29 is 24.9 Å². The van der Waals surface area contributed by atoms with Crippen molar-refractivity contribution in [3.05, 3.63) is 0 Å². The number of carbonyl (C=O) groups excluding carboxylic acids is 2. The van der Waals surface area contributed by atoms with Gasteiger partial charge in [0, 0.05) is 6.42 Å². The summed E-state index contributed by atoms with van der Waals surface area (Å²) >= 11 is 0. The number of hydrogen-bond acceptors (Lipinski definition) is 5. The number of rotatable bonds is 0. The maximum absolute atomic E-state index is 10.8. The minimum Gasteiger partial charge on any atom is -0.380 e. The Morgan fingerprint density at radius 3 is 1.93 bits per heavy atom. The second kappa shape index (κ2) is 4.04. The highest BCUT2D eigenvalue weighted by Gasteiger charge is 2.50. The largest absolute Gasteiger partial charge is 0.380 e. The van der Waals surface area contributed by atoms with Crippen LogP contribution >= 0.6 is 0 Å². The Kier molecular flexibility index (Phi) is 3.75. The summed E-state index contributed by atoms with van der Waals surface area (Å²) in [6.07, 6.45) is -0.718. The quantitative estimate of drug-likeness (QED) is 0.284. The van der Waals surface area contributed by atoms with E-state index in [1.54, 1.807) is 5.32 Å². The second-order valence-electron chi connectivity index (χ2n) is 3.05. The minimum absolute atomic E-state index is 0.718. The summed E-state index contributed by atoms with van der Waals surface area (Å²) < 4.78 is 0. The van der Waals surface area contributed by atoms with Gasteiger partial charge in [0.1, 0.15) is 5.60 Å². The van der Waals surface area contributed by atoms with Crippen molar-refractivity contribution in [1.29, 1.82) is 0 Å². The van der Waals surface area contributed by atoms with E-state index in [0.717, 1.165) is 6.92 Å². The zero-order valence-electron chi connectivity index (χ0n) is 8.37. The van der Waals surface area contributed by atoms with Gasteiger partial charge in [0.25, 0.3) is 11.8 Å². The molecule has 1 aliphatic heterocycles. The van der Waals surface area contributed by atoms with Crippen molar-refractivity contribution >= 4 is 11.8 Å². The smallest absolute Gasteiger partial charge is 0.286 e. The minimum atomic E-state index is -2.67. The average Bonchev–Trinajstić information content (AvgIpc) is 2.04. The molecular formula is C8H15NO5. The molecular weight excluding hydrogens is 190 g/mol. The van der Waals surface area contributed by atoms with Crippen LogP contribution in [0.5, 0.6) is 0 Å². The molecule has 0 aromatic heterocycles. The molecule has 4 N–H and O–H groups in total. The molecule has 0 bridgehead atoms. The Labute approximate surface area is 81.5 Å². The second-order valence-corrected chi connectivity index (χ2v) is 3.05. The molecule has 0 saturated carbocycles. The number of carbonyl (C=O) groups is 2. The summed E-state index contributed by atoms with van der Waals surface area (Å²) in [7, 11) is 0. The van der Waals surface area contributed by atoms with E-state index in [0.29, 0.717) is 0 Å². The molecule has 0 aromatic carbocycles. The number of piperidine rings is 1. The van der Waals surface area contributed by atoms with Crippen LogP contribution < -0.4 is 5.32 Å². The third-order valence-corrected chi connectivity index (χ3v) is 1.67. The zero-order chi connectivity index (χ0) is 11.6. The number of imide groups is 1. The van der Waals surface area contributed by atoms with Gasteiger partial charge >= 0.3 is 0 Å². The van der Waals surface area contributed by atoms with Gasteiger partial charge in [0.05, 0.1) is 0 Å². The molecule has 1 fully saturated rings. The molecule has 0 aliphatic carbocycles. The first-order valence-electron chi connectivity index (χ1n) is 4.29. The molecule has 6 nitrogen and oxygen atoms in total. The Morgan fingerprint density at radius 1 is 1.14 bits per heavy atom. The van der Waals surface area contributed by atoms with Crippen LogP contribution in [0.15, 0.2) is 0 Å². The van der Waals surface area contributed by atoms with E-state index in [2.05, 4.69) is 0 Å². The fourth-order valence-electron chi connectivity index (χ4n) is 0.978. The van der Waals surface area contributed by atoms with E-state index in [-0.39, 0.29) is 0 Å². The predicted molar refractivity (Wildman–Crippen MR) is 46.9 cm³/mol. The van der Waals surface area contributed by atoms with Crippen LogP contribution in [-0.4, -0.2) is 38.5 Å². The fraction of sp³-hybridized carbons (Fsp3) is 0.750. The average molecular weight is 205 g/mol. The van der Waals surface area contributed by atoms with E-state index < -0.39 is 29.6 Å². The highest BCUT2D eigenvalue weighted by molar-refractivity contribution is 6.04. The first-order valence-corrected chi connectivity index (χ1v) is 4.29. The molecule has 1 aliphatic rings. The number of aliphatic hydroxyl groups is 3. The Bertz CT molecular complexity index is 222. The van der Waals surface area contributed by atoms with Crippen LogP contribution in [0, 0.1) is 0 Å². The summed E-state index contributed by atoms with van der Waals surface area (Å²) in [6, 6.07) is 0. The summed E-state index contributed by atoms with van der Waals surface area (Å²) in [5.41, 5.74) is -1.92. The molecule has 1 atom stereocenters. The lowest BCUT2D eigenvalue weighted by molar-refractivity contribution is -0.214. The van der Waals surface area contributed by atoms with Crippen LogP contribution in [0.25, 0.3) is 0 Å². The van der Waals surface area contributed by atoms with Crippen molar-refractivity contribution in [2.75, 3.05) is 0 Å². The van der Waals surface area contributed by atoms with E-state index in [4.69, 9.17) is 10.2 Å². The van der Waals surface area contributed by atoms with Crippen LogP contribution in [-0.2, 0) is 9.59 Å². The molecule has 0 spiro atoms. The molecule has 1 heterocycles. The van der Waals surface area contributed by atoms with Gasteiger partial charge in [-0.3, -0.25) is 14.9 Å². The molecule has 0 radical (unpaired) electrons. The highest BCUT2D eigenvalue weighted by Crippen LogP contribution is 2.23. The topological polar surface area (TPSA) is 107 Å². The van der Waals surface area contributed by atoms with Crippen LogP contribution in [0.3, 0.4) is 0 Å². The van der Waals surface area contributed by atoms with Crippen molar-refractivity contribution in [3.63, 3.8) is 0 Å². The fourth-order valence-corrected chi connectivity index (χ4v) is 0.978. The third kappa shape index (κ3) is 2.50. The molecule has 1 rings (SSSR count). The summed E-state index contributed by atoms with van der Waals surface area (Å²) in [6.45, 7) is 5.09. The first-order chi connectivity index (χ1) is 6.26. The Balaban J connectivity index is 0.000000791. The molecule has 82 valence electrons. The van der Waals surface area contributed by atoms with E-state index in [1.807, 2.05) is 13.8 Å². The number of amides is 2. The van der Waals surface area contributed by atoms with Crippen LogP contribution in [0.2, 0.25) is 0 Å². The molecule has 6 heteroatoms. The number of hydrogen-bond donors (Lipinski definition) is 4. The van der Waals surface area contributed by atoms with Gasteiger partial charge in [-0.25, -0.2) is 0 Å². The van der Waals surface area contributed by atoms with Gasteiger partial charge in [-0.15, -0.1) is 0 Å². The first kappa shape index (κ1) is 13.0. The van der Waals surface area contributed by atoms with Crippen molar-refractivity contribution in [2.45, 2.75) is 38.6 Å². The van der Waals surface area contributed by atoms with Gasteiger partial charge < -0.3 is 15.3 Å². The summed E-state index contributed by atoms with van der Waals surface area (Å²) in [5, 5.41) is 28.7. The summed E-state index contributed by atoms with van der Waals surface area (Å²) in [5.74, 6) is -4.80. The van der Waals surface area contributed by atoms with E-state index in [1.165, 1.54) is 0 Å². The Morgan fingerprint density at radius 2 is 1.57 bits per heavy atom. The zero-order valence-corrected chi connectivity index (χ0v) is 8.37. The molecule has 14 heavy (non-hydrogen) atoms. The van der Waals surface area contributed by atoms with Crippen molar-refractivity contribution in [1.82, 2.24) is 5.32 Å². The van der Waals surface area contributed by atoms with Crippen LogP contribution in [0.1, 0.15) is 27.2 Å². The number of nitrogens with one attached hydrogen (secondary N) is 1. The van der Waals surface area contributed by atoms with Crippen molar-refractivity contribution in [2.24, 2.45) is 0 Å². The van der Waals surface area contributed by atoms with E-state index >= 15 is 0 Å². The Hall–Kier alpha value is -0.980. The SMILES string of the molecule is CC.CC1(O)CC(O)(O)C(=O)NC1=O. The maximum Gasteiger partial charge on any atom is 0.286 e. The highest BCUT2D eigenvalue weighted by atomic mass is 16.5. The molecule has 0 aromatic rings. The van der Waals surface area contributed by atoms with Crippen LogP contribution in [0.4, 0.5) is 0 Å². The molecule has 1 unspecified atom stereocenters. The molecule has 1 saturated heterocycles. The van der Waals surface area contributed by atoms with Gasteiger partial charge in [0.2, 0.25) is 5.79 Å². The van der Waals surface area contributed by atoms with Gasteiger partial charge in [-0.1, -0.05) is 13.8 Å². The lowest BCUT2D eigenvalue weighted by atomic mass is 9.91. The standard InChI is InChI=1S/C6H9NO5.C2H6/c1-5(10)2-6(11,12)4(9)7-3(5)8;1-2/h10-12H,2H2,1H3,(H,7,8,9);1-2H3. The van der Waals surface area contributed by atoms with E-state index in [9.17, 15) is 14.7 Å². The van der Waals surface area contributed by atoms with Gasteiger partial charge in [-0.05, 0) is 6.92 Å². The van der Waals surface area contributed by atoms with Gasteiger partial charge in [0.15, 0.2) is 0 Å². The lowest BCUT2D eigenvalue weighted by Crippen LogP contribution is -2.64.